The predicted octanol–water partition coefficient (Wildman–Crippen LogP) is 6.19. The van der Waals surface area contributed by atoms with E-state index in [-0.39, 0.29) is 31.4 Å². The molecule has 0 aliphatic carbocycles. The number of nitrogens with one attached hydrogen (secondary N) is 2. The van der Waals surface area contributed by atoms with Gasteiger partial charge in [-0.25, -0.2) is 14.2 Å². The molecule has 2 aromatic rings. The number of halogens is 1. The van der Waals surface area contributed by atoms with Crippen molar-refractivity contribution in [2.75, 3.05) is 26.4 Å². The molecule has 2 heterocycles. The van der Waals surface area contributed by atoms with Crippen LogP contribution in [0.4, 0.5) is 9.59 Å². The number of hydrogen-bond acceptors (Lipinski definition) is 6. The van der Waals surface area contributed by atoms with Crippen molar-refractivity contribution in [2.24, 2.45) is 0 Å². The van der Waals surface area contributed by atoms with E-state index < -0.39 is 23.8 Å². The first-order chi connectivity index (χ1) is 24.5. The third kappa shape index (κ3) is 17.3. The maximum absolute atomic E-state index is 13.5. The molecule has 0 radical (unpaired) electrons. The first-order valence-electron chi connectivity index (χ1n) is 19.5. The van der Waals surface area contributed by atoms with Gasteiger partial charge in [-0.05, 0) is 26.2 Å². The van der Waals surface area contributed by atoms with E-state index in [1.54, 1.807) is 24.3 Å². The SMILES string of the molecule is CCCCCCCCCCCCCCCCCCNC(=O)OCC1(COC(=O)NC(C(=O)c2ccccc2)c2cccc[n+]2CC)CCCO1.[Cl-]. The van der Waals surface area contributed by atoms with Crippen molar-refractivity contribution < 1.29 is 45.6 Å². The second-order valence-corrected chi connectivity index (χ2v) is 13.7. The topological polar surface area (TPSA) is 107 Å². The minimum Gasteiger partial charge on any atom is -1.00 e. The highest BCUT2D eigenvalue weighted by atomic mass is 35.5. The first kappa shape index (κ1) is 44.0. The third-order valence-corrected chi connectivity index (χ3v) is 9.61. The molecule has 51 heavy (non-hydrogen) atoms. The number of pyridine rings is 1. The van der Waals surface area contributed by atoms with Gasteiger partial charge in [-0.2, -0.15) is 0 Å². The minimum absolute atomic E-state index is 0. The van der Waals surface area contributed by atoms with Gasteiger partial charge in [0.05, 0.1) is 0 Å². The maximum Gasteiger partial charge on any atom is 0.408 e. The Labute approximate surface area is 313 Å². The summed E-state index contributed by atoms with van der Waals surface area (Å²) in [7, 11) is 0. The first-order valence-corrected chi connectivity index (χ1v) is 19.5. The van der Waals surface area contributed by atoms with Crippen molar-refractivity contribution in [1.29, 1.82) is 0 Å². The van der Waals surface area contributed by atoms with Crippen LogP contribution in [0.25, 0.3) is 0 Å². The summed E-state index contributed by atoms with van der Waals surface area (Å²) in [6.07, 6.45) is 22.9. The Bertz CT molecular complexity index is 1240. The van der Waals surface area contributed by atoms with Crippen molar-refractivity contribution in [3.8, 4) is 0 Å². The number of ketones is 1. The number of carbonyl (C=O) groups excluding carboxylic acids is 3. The Morgan fingerprint density at radius 3 is 1.84 bits per heavy atom. The normalized spacial score (nSPS) is 15.8. The summed E-state index contributed by atoms with van der Waals surface area (Å²) in [4.78, 5) is 39.1. The highest BCUT2D eigenvalue weighted by Crippen LogP contribution is 2.27. The average molecular weight is 730 g/mol. The van der Waals surface area contributed by atoms with Crippen LogP contribution in [-0.2, 0) is 20.8 Å². The van der Waals surface area contributed by atoms with Crippen LogP contribution < -0.4 is 27.6 Å². The zero-order valence-electron chi connectivity index (χ0n) is 31.3. The van der Waals surface area contributed by atoms with E-state index >= 15 is 0 Å². The van der Waals surface area contributed by atoms with E-state index in [2.05, 4.69) is 17.6 Å². The largest absolute Gasteiger partial charge is 1.00 e. The lowest BCUT2D eigenvalue weighted by Crippen LogP contribution is -3.00. The summed E-state index contributed by atoms with van der Waals surface area (Å²) in [5, 5.41) is 5.62. The number of alkyl carbamates (subject to hydrolysis) is 2. The molecule has 1 saturated heterocycles. The standard InChI is InChI=1S/C41H63N3O6.ClH/c1-3-5-6-7-8-9-10-11-12-13-14-15-16-17-18-23-30-42-39(46)48-33-41(29-25-32-50-41)34-49-40(47)43-37(36-28-22-24-31-44(36)4-2)38(45)35-26-20-19-21-27-35;/h19-22,24,26-28,31,37H,3-18,23,25,29-30,32-34H2,1-2H3,(H-,42,43,46,47);1H. The summed E-state index contributed by atoms with van der Waals surface area (Å²) in [6, 6.07) is 13.5. The molecule has 2 atom stereocenters. The predicted molar refractivity (Wildman–Crippen MR) is 197 cm³/mol. The fourth-order valence-electron chi connectivity index (χ4n) is 6.58. The summed E-state index contributed by atoms with van der Waals surface area (Å²) in [5.41, 5.74) is 0.216. The molecule has 2 N–H and O–H groups in total. The molecule has 10 heteroatoms. The van der Waals surface area contributed by atoms with Crippen LogP contribution in [0.1, 0.15) is 152 Å². The van der Waals surface area contributed by atoms with Gasteiger partial charge >= 0.3 is 12.2 Å². The fourth-order valence-corrected chi connectivity index (χ4v) is 6.58. The number of hydrogen-bond donors (Lipinski definition) is 2. The van der Waals surface area contributed by atoms with Gasteiger partial charge in [-0.1, -0.05) is 140 Å². The van der Waals surface area contributed by atoms with Gasteiger partial charge in [0, 0.05) is 30.8 Å². The van der Waals surface area contributed by atoms with Gasteiger partial charge in [0.2, 0.25) is 5.69 Å². The van der Waals surface area contributed by atoms with Crippen molar-refractivity contribution in [1.82, 2.24) is 10.6 Å². The lowest BCUT2D eigenvalue weighted by atomic mass is 10.0. The van der Waals surface area contributed by atoms with E-state index in [1.807, 2.05) is 42.0 Å². The van der Waals surface area contributed by atoms with E-state index in [0.717, 1.165) is 19.3 Å². The van der Waals surface area contributed by atoms with E-state index in [4.69, 9.17) is 14.2 Å². The maximum atomic E-state index is 13.5. The zero-order valence-corrected chi connectivity index (χ0v) is 32.1. The van der Waals surface area contributed by atoms with Gasteiger partial charge in [-0.3, -0.25) is 4.79 Å². The van der Waals surface area contributed by atoms with Gasteiger partial charge in [-0.15, -0.1) is 0 Å². The van der Waals surface area contributed by atoms with Crippen molar-refractivity contribution in [2.45, 2.75) is 148 Å². The van der Waals surface area contributed by atoms with Crippen LogP contribution >= 0.6 is 0 Å². The number of carbonyl (C=O) groups is 3. The Morgan fingerprint density at radius 2 is 1.29 bits per heavy atom. The minimum atomic E-state index is -0.946. The molecule has 1 aliphatic heterocycles. The van der Waals surface area contributed by atoms with E-state index in [0.29, 0.717) is 37.4 Å². The number of unbranched alkanes of at least 4 members (excludes halogenated alkanes) is 15. The lowest BCUT2D eigenvalue weighted by molar-refractivity contribution is -0.701. The molecule has 1 aromatic heterocycles. The van der Waals surface area contributed by atoms with Gasteiger partial charge in [0.25, 0.3) is 0 Å². The number of nitrogens with zero attached hydrogens (tertiary/aromatic N) is 1. The molecule has 0 bridgehead atoms. The van der Waals surface area contributed by atoms with Gasteiger partial charge in [0.1, 0.15) is 25.4 Å². The number of aryl methyl sites for hydroxylation is 1. The van der Waals surface area contributed by atoms with Gasteiger partial charge in [0.15, 0.2) is 18.0 Å². The number of amides is 2. The summed E-state index contributed by atoms with van der Waals surface area (Å²) in [5.74, 6) is -0.243. The van der Waals surface area contributed by atoms with E-state index in [1.165, 1.54) is 89.9 Å². The highest BCUT2D eigenvalue weighted by Gasteiger charge is 2.39. The average Bonchev–Trinajstić information content (AvgIpc) is 3.62. The molecular formula is C41H64ClN3O6. The molecule has 3 rings (SSSR count). The van der Waals surface area contributed by atoms with Crippen LogP contribution in [0.2, 0.25) is 0 Å². The molecular weight excluding hydrogens is 666 g/mol. The molecule has 1 aromatic carbocycles. The van der Waals surface area contributed by atoms with Crippen LogP contribution in [0, 0.1) is 0 Å². The van der Waals surface area contributed by atoms with Crippen molar-refractivity contribution >= 4 is 18.0 Å². The van der Waals surface area contributed by atoms with Crippen LogP contribution in [0.3, 0.4) is 0 Å². The molecule has 9 nitrogen and oxygen atoms in total. The number of aromatic nitrogens is 1. The molecule has 0 spiro atoms. The van der Waals surface area contributed by atoms with Gasteiger partial charge < -0.3 is 37.3 Å². The summed E-state index contributed by atoms with van der Waals surface area (Å²) in [6.45, 7) is 5.81. The lowest BCUT2D eigenvalue weighted by Gasteiger charge is -2.27. The Morgan fingerprint density at radius 1 is 0.745 bits per heavy atom. The molecule has 0 saturated carbocycles. The Kier molecular flexibility index (Phi) is 22.9. The number of Topliss-reactive ketones (excluding diaryl/α,β-unsaturated/α-hetero) is 1. The Balaban J connectivity index is 0.00000901. The number of benzene rings is 1. The molecule has 2 amide bonds. The second kappa shape index (κ2) is 26.6. The van der Waals surface area contributed by atoms with E-state index in [9.17, 15) is 14.4 Å². The van der Waals surface area contributed by atoms with Crippen LogP contribution in [0.5, 0.6) is 0 Å². The van der Waals surface area contributed by atoms with Crippen LogP contribution in [-0.4, -0.2) is 49.9 Å². The number of rotatable bonds is 26. The van der Waals surface area contributed by atoms with Crippen molar-refractivity contribution in [3.63, 3.8) is 0 Å². The smallest absolute Gasteiger partial charge is 0.408 e. The monoisotopic (exact) mass is 729 g/mol. The van der Waals surface area contributed by atoms with Crippen molar-refractivity contribution in [3.05, 3.63) is 66.0 Å². The molecule has 286 valence electrons. The second-order valence-electron chi connectivity index (χ2n) is 13.7. The highest BCUT2D eigenvalue weighted by molar-refractivity contribution is 6.01. The quantitative estimate of drug-likeness (QED) is 0.0681. The Hall–Kier alpha value is -3.17. The molecule has 1 aliphatic rings. The summed E-state index contributed by atoms with van der Waals surface area (Å²) < 4.78 is 19.0. The molecule has 1 fully saturated rings. The zero-order chi connectivity index (χ0) is 35.7. The van der Waals surface area contributed by atoms with Crippen LogP contribution in [0.15, 0.2) is 54.7 Å². The summed E-state index contributed by atoms with van der Waals surface area (Å²) >= 11 is 0. The number of ether oxygens (including phenoxy) is 3. The third-order valence-electron chi connectivity index (χ3n) is 9.61. The molecule has 2 unspecified atom stereocenters. The fraction of sp³-hybridized carbons (Fsp3) is 0.659.